The Labute approximate surface area is 156 Å². The van der Waals surface area contributed by atoms with Crippen LogP contribution in [0.2, 0.25) is 0 Å². The molecule has 0 radical (unpaired) electrons. The molecule has 1 heterocycles. The van der Waals surface area contributed by atoms with Crippen molar-refractivity contribution in [3.63, 3.8) is 0 Å². The Morgan fingerprint density at radius 3 is 2.75 bits per heavy atom. The average Bonchev–Trinajstić information content (AvgIpc) is 3.32. The van der Waals surface area contributed by atoms with Crippen molar-refractivity contribution in [2.75, 3.05) is 20.2 Å². The zero-order valence-corrected chi connectivity index (χ0v) is 15.7. The molecular formula is C15H22F3IN4O. The number of alkyl halides is 3. The van der Waals surface area contributed by atoms with Gasteiger partial charge in [0.2, 0.25) is 5.88 Å². The van der Waals surface area contributed by atoms with Crippen LogP contribution in [0.4, 0.5) is 13.2 Å². The zero-order chi connectivity index (χ0) is 16.7. The van der Waals surface area contributed by atoms with Crippen LogP contribution < -0.4 is 15.4 Å². The Kier molecular flexibility index (Phi) is 8.57. The van der Waals surface area contributed by atoms with Crippen molar-refractivity contribution in [1.82, 2.24) is 15.6 Å². The predicted molar refractivity (Wildman–Crippen MR) is 96.7 cm³/mol. The van der Waals surface area contributed by atoms with E-state index in [1.807, 2.05) is 12.1 Å². The van der Waals surface area contributed by atoms with Crippen LogP contribution in [0, 0.1) is 5.92 Å². The minimum absolute atomic E-state index is 0. The maximum Gasteiger partial charge on any atom is 0.390 e. The van der Waals surface area contributed by atoms with Crippen LogP contribution in [-0.2, 0) is 6.54 Å². The first-order valence-corrected chi connectivity index (χ1v) is 7.55. The number of aromatic nitrogens is 1. The topological polar surface area (TPSA) is 58.5 Å². The van der Waals surface area contributed by atoms with E-state index in [0.717, 1.165) is 5.56 Å². The summed E-state index contributed by atoms with van der Waals surface area (Å²) in [5.41, 5.74) is 0.921. The molecule has 0 saturated heterocycles. The summed E-state index contributed by atoms with van der Waals surface area (Å²) in [6.45, 7) is 0.897. The van der Waals surface area contributed by atoms with Crippen LogP contribution in [0.5, 0.6) is 5.88 Å². The molecule has 136 valence electrons. The molecule has 1 aliphatic carbocycles. The van der Waals surface area contributed by atoms with E-state index in [0.29, 0.717) is 30.9 Å². The highest BCUT2D eigenvalue weighted by molar-refractivity contribution is 14.0. The highest BCUT2D eigenvalue weighted by Crippen LogP contribution is 2.29. The Balaban J connectivity index is 0.00000288. The maximum absolute atomic E-state index is 12.1. The summed E-state index contributed by atoms with van der Waals surface area (Å²) in [5.74, 6) is 1.54. The number of hydrogen-bond acceptors (Lipinski definition) is 3. The zero-order valence-electron chi connectivity index (χ0n) is 13.4. The summed E-state index contributed by atoms with van der Waals surface area (Å²) in [6.07, 6.45) is -1.01. The van der Waals surface area contributed by atoms with Gasteiger partial charge in [0.15, 0.2) is 5.96 Å². The lowest BCUT2D eigenvalue weighted by Crippen LogP contribution is -2.38. The number of halogens is 4. The molecule has 2 N–H and O–H groups in total. The van der Waals surface area contributed by atoms with Crippen LogP contribution >= 0.6 is 24.0 Å². The summed E-state index contributed by atoms with van der Waals surface area (Å²) in [4.78, 5) is 8.04. The van der Waals surface area contributed by atoms with E-state index in [1.54, 1.807) is 6.20 Å². The molecule has 1 fully saturated rings. The number of hydrogen-bond donors (Lipinski definition) is 2. The van der Waals surface area contributed by atoms with Gasteiger partial charge in [0.1, 0.15) is 0 Å². The lowest BCUT2D eigenvalue weighted by atomic mass is 10.2. The molecule has 1 aromatic heterocycles. The van der Waals surface area contributed by atoms with Gasteiger partial charge in [-0.3, -0.25) is 4.99 Å². The first-order chi connectivity index (χ1) is 11.0. The molecular weight excluding hydrogens is 436 g/mol. The van der Waals surface area contributed by atoms with Crippen LogP contribution in [-0.4, -0.2) is 37.3 Å². The molecule has 1 aliphatic rings. The van der Waals surface area contributed by atoms with Crippen molar-refractivity contribution in [2.45, 2.75) is 32.0 Å². The van der Waals surface area contributed by atoms with Gasteiger partial charge in [-0.15, -0.1) is 24.0 Å². The number of nitrogens with one attached hydrogen (secondary N) is 2. The summed E-state index contributed by atoms with van der Waals surface area (Å²) < 4.78 is 41.9. The Bertz CT molecular complexity index is 536. The van der Waals surface area contributed by atoms with Crippen LogP contribution in [0.3, 0.4) is 0 Å². The quantitative estimate of drug-likeness (QED) is 0.375. The molecule has 0 aliphatic heterocycles. The first kappa shape index (κ1) is 20.8. The average molecular weight is 458 g/mol. The summed E-state index contributed by atoms with van der Waals surface area (Å²) in [7, 11) is 1.51. The van der Waals surface area contributed by atoms with Crippen LogP contribution in [0.15, 0.2) is 23.3 Å². The molecule has 9 heteroatoms. The van der Waals surface area contributed by atoms with E-state index in [4.69, 9.17) is 4.74 Å². The SMILES string of the molecule is CN=C(NCCC(F)(F)F)NCc1ccnc(OCC2CC2)c1.I. The van der Waals surface area contributed by atoms with Crippen molar-refractivity contribution in [2.24, 2.45) is 10.9 Å². The Morgan fingerprint density at radius 1 is 1.38 bits per heavy atom. The van der Waals surface area contributed by atoms with E-state index in [-0.39, 0.29) is 30.5 Å². The van der Waals surface area contributed by atoms with Crippen molar-refractivity contribution in [3.05, 3.63) is 23.9 Å². The first-order valence-electron chi connectivity index (χ1n) is 7.55. The maximum atomic E-state index is 12.1. The van der Waals surface area contributed by atoms with Gasteiger partial charge >= 0.3 is 6.18 Å². The number of aliphatic imine (C=N–C) groups is 1. The molecule has 0 aromatic carbocycles. The van der Waals surface area contributed by atoms with E-state index in [1.165, 1.54) is 19.9 Å². The van der Waals surface area contributed by atoms with Crippen molar-refractivity contribution in [3.8, 4) is 5.88 Å². The fraction of sp³-hybridized carbons (Fsp3) is 0.600. The third-order valence-corrected chi connectivity index (χ3v) is 3.35. The summed E-state index contributed by atoms with van der Waals surface area (Å²) >= 11 is 0. The highest BCUT2D eigenvalue weighted by Gasteiger charge is 2.26. The fourth-order valence-corrected chi connectivity index (χ4v) is 1.86. The van der Waals surface area contributed by atoms with Gasteiger partial charge in [0.25, 0.3) is 0 Å². The van der Waals surface area contributed by atoms with Crippen molar-refractivity contribution < 1.29 is 17.9 Å². The fourth-order valence-electron chi connectivity index (χ4n) is 1.86. The second-order valence-electron chi connectivity index (χ2n) is 5.47. The summed E-state index contributed by atoms with van der Waals surface area (Å²) in [5, 5.41) is 5.60. The monoisotopic (exact) mass is 458 g/mol. The molecule has 0 spiro atoms. The van der Waals surface area contributed by atoms with E-state index in [2.05, 4.69) is 20.6 Å². The van der Waals surface area contributed by atoms with Gasteiger partial charge in [-0.2, -0.15) is 13.2 Å². The molecule has 24 heavy (non-hydrogen) atoms. The molecule has 0 atom stereocenters. The van der Waals surface area contributed by atoms with Gasteiger partial charge < -0.3 is 15.4 Å². The largest absolute Gasteiger partial charge is 0.477 e. The van der Waals surface area contributed by atoms with Gasteiger partial charge in [0.05, 0.1) is 13.0 Å². The third-order valence-electron chi connectivity index (χ3n) is 3.35. The second kappa shape index (κ2) is 9.90. The van der Waals surface area contributed by atoms with Crippen LogP contribution in [0.1, 0.15) is 24.8 Å². The number of guanidine groups is 1. The Hall–Kier alpha value is -1.26. The normalized spacial score (nSPS) is 14.8. The Morgan fingerprint density at radius 2 is 2.12 bits per heavy atom. The number of pyridine rings is 1. The minimum atomic E-state index is -4.18. The van der Waals surface area contributed by atoms with Crippen molar-refractivity contribution >= 4 is 29.9 Å². The van der Waals surface area contributed by atoms with Crippen LogP contribution in [0.25, 0.3) is 0 Å². The molecule has 1 saturated carbocycles. The molecule has 0 bridgehead atoms. The molecule has 5 nitrogen and oxygen atoms in total. The van der Waals surface area contributed by atoms with E-state index in [9.17, 15) is 13.2 Å². The van der Waals surface area contributed by atoms with Gasteiger partial charge in [-0.05, 0) is 30.4 Å². The second-order valence-corrected chi connectivity index (χ2v) is 5.47. The lowest BCUT2D eigenvalue weighted by Gasteiger charge is -2.13. The third kappa shape index (κ3) is 8.55. The molecule has 2 rings (SSSR count). The molecule has 1 aromatic rings. The molecule has 0 unspecified atom stereocenters. The number of rotatable bonds is 7. The predicted octanol–water partition coefficient (Wildman–Crippen LogP) is 3.11. The van der Waals surface area contributed by atoms with Gasteiger partial charge in [0, 0.05) is 32.4 Å². The lowest BCUT2D eigenvalue weighted by molar-refractivity contribution is -0.132. The van der Waals surface area contributed by atoms with Gasteiger partial charge in [-0.25, -0.2) is 4.98 Å². The standard InChI is InChI=1S/C15H21F3N4O.HI/c1-19-14(21-7-5-15(16,17)18)22-9-12-4-6-20-13(8-12)23-10-11-2-3-11;/h4,6,8,11H,2-3,5,7,9-10H2,1H3,(H2,19,21,22);1H. The van der Waals surface area contributed by atoms with Crippen molar-refractivity contribution in [1.29, 1.82) is 0 Å². The van der Waals surface area contributed by atoms with E-state index < -0.39 is 12.6 Å². The highest BCUT2D eigenvalue weighted by atomic mass is 127. The number of nitrogens with zero attached hydrogens (tertiary/aromatic N) is 2. The number of ether oxygens (including phenoxy) is 1. The summed E-state index contributed by atoms with van der Waals surface area (Å²) in [6, 6.07) is 3.64. The minimum Gasteiger partial charge on any atom is -0.477 e. The van der Waals surface area contributed by atoms with E-state index >= 15 is 0 Å². The van der Waals surface area contributed by atoms with Gasteiger partial charge in [-0.1, -0.05) is 0 Å². The smallest absolute Gasteiger partial charge is 0.390 e. The molecule has 0 amide bonds.